The lowest BCUT2D eigenvalue weighted by Crippen LogP contribution is -2.54. The molecular weight excluding hydrogens is 444 g/mol. The van der Waals surface area contributed by atoms with Crippen molar-refractivity contribution in [2.24, 2.45) is 0 Å². The summed E-state index contributed by atoms with van der Waals surface area (Å²) >= 11 is 1.64. The molecule has 7 nitrogen and oxygen atoms in total. The van der Waals surface area contributed by atoms with E-state index < -0.39 is 0 Å². The van der Waals surface area contributed by atoms with Gasteiger partial charge in [-0.2, -0.15) is 0 Å². The molecule has 0 bridgehead atoms. The van der Waals surface area contributed by atoms with Crippen molar-refractivity contribution in [3.63, 3.8) is 0 Å². The fourth-order valence-electron chi connectivity index (χ4n) is 4.65. The summed E-state index contributed by atoms with van der Waals surface area (Å²) in [5.41, 5.74) is 3.57. The first-order chi connectivity index (χ1) is 16.6. The van der Waals surface area contributed by atoms with E-state index in [0.29, 0.717) is 19.6 Å². The van der Waals surface area contributed by atoms with Crippen LogP contribution in [0.4, 0.5) is 5.95 Å². The zero-order valence-electron chi connectivity index (χ0n) is 19.0. The molecule has 1 atom stereocenters. The smallest absolute Gasteiger partial charge is 0.254 e. The normalized spacial score (nSPS) is 16.5. The second-order valence-corrected chi connectivity index (χ2v) is 9.70. The third kappa shape index (κ3) is 3.42. The summed E-state index contributed by atoms with van der Waals surface area (Å²) in [5, 5.41) is 12.1. The van der Waals surface area contributed by atoms with E-state index in [1.807, 2.05) is 71.8 Å². The van der Waals surface area contributed by atoms with Gasteiger partial charge in [0.05, 0.1) is 10.4 Å². The Bertz CT molecular complexity index is 1490. The van der Waals surface area contributed by atoms with Crippen LogP contribution < -0.4 is 4.90 Å². The molecular formula is C26H24N6OS. The van der Waals surface area contributed by atoms with Crippen molar-refractivity contribution in [2.45, 2.75) is 19.9 Å². The molecule has 8 heteroatoms. The van der Waals surface area contributed by atoms with Crippen molar-refractivity contribution in [3.8, 4) is 10.7 Å². The highest BCUT2D eigenvalue weighted by atomic mass is 32.1. The summed E-state index contributed by atoms with van der Waals surface area (Å²) in [6.45, 7) is 6.12. The van der Waals surface area contributed by atoms with Crippen molar-refractivity contribution in [1.29, 1.82) is 0 Å². The molecule has 4 heterocycles. The van der Waals surface area contributed by atoms with Crippen molar-refractivity contribution in [2.75, 3.05) is 24.5 Å². The summed E-state index contributed by atoms with van der Waals surface area (Å²) in [5.74, 6) is 1.69. The number of carbonyl (C=O) groups is 1. The van der Waals surface area contributed by atoms with E-state index in [-0.39, 0.29) is 11.9 Å². The van der Waals surface area contributed by atoms with Gasteiger partial charge in [0.2, 0.25) is 5.95 Å². The van der Waals surface area contributed by atoms with Crippen LogP contribution in [-0.4, -0.2) is 56.1 Å². The van der Waals surface area contributed by atoms with Gasteiger partial charge in [0, 0.05) is 36.6 Å². The maximum atomic E-state index is 13.2. The molecule has 6 rings (SSSR count). The van der Waals surface area contributed by atoms with Gasteiger partial charge < -0.3 is 9.80 Å². The lowest BCUT2D eigenvalue weighted by atomic mass is 10.1. The van der Waals surface area contributed by atoms with Crippen LogP contribution in [0.25, 0.3) is 27.3 Å². The Morgan fingerprint density at radius 3 is 2.59 bits per heavy atom. The molecule has 0 N–H and O–H groups in total. The van der Waals surface area contributed by atoms with E-state index in [1.165, 1.54) is 0 Å². The van der Waals surface area contributed by atoms with Crippen molar-refractivity contribution >= 4 is 39.7 Å². The van der Waals surface area contributed by atoms with E-state index in [4.69, 9.17) is 4.98 Å². The summed E-state index contributed by atoms with van der Waals surface area (Å²) in [6.07, 6.45) is 0. The highest BCUT2D eigenvalue weighted by Gasteiger charge is 2.31. The van der Waals surface area contributed by atoms with E-state index in [2.05, 4.69) is 32.5 Å². The van der Waals surface area contributed by atoms with Crippen molar-refractivity contribution in [1.82, 2.24) is 24.5 Å². The second kappa shape index (κ2) is 8.22. The van der Waals surface area contributed by atoms with Gasteiger partial charge in [0.1, 0.15) is 0 Å². The molecule has 0 saturated carbocycles. The van der Waals surface area contributed by atoms with E-state index in [9.17, 15) is 4.79 Å². The maximum Gasteiger partial charge on any atom is 0.254 e. The van der Waals surface area contributed by atoms with E-state index in [1.54, 1.807) is 11.3 Å². The lowest BCUT2D eigenvalue weighted by Gasteiger charge is -2.40. The minimum Gasteiger partial charge on any atom is -0.338 e. The van der Waals surface area contributed by atoms with Crippen LogP contribution >= 0.6 is 11.3 Å². The van der Waals surface area contributed by atoms with Crippen LogP contribution in [0.2, 0.25) is 0 Å². The number of piperazine rings is 1. The molecule has 170 valence electrons. The third-order valence-corrected chi connectivity index (χ3v) is 7.31. The van der Waals surface area contributed by atoms with Crippen LogP contribution in [0.3, 0.4) is 0 Å². The van der Waals surface area contributed by atoms with Gasteiger partial charge in [0.25, 0.3) is 5.91 Å². The third-order valence-electron chi connectivity index (χ3n) is 6.44. The van der Waals surface area contributed by atoms with Crippen molar-refractivity contribution < 1.29 is 4.79 Å². The number of amides is 1. The number of aromatic nitrogens is 4. The Morgan fingerprint density at radius 1 is 1.00 bits per heavy atom. The first-order valence-corrected chi connectivity index (χ1v) is 12.3. The van der Waals surface area contributed by atoms with Crippen molar-refractivity contribution in [3.05, 3.63) is 77.2 Å². The number of carbonyl (C=O) groups excluding carboxylic acids is 1. The zero-order valence-corrected chi connectivity index (χ0v) is 19.9. The van der Waals surface area contributed by atoms with Gasteiger partial charge in [-0.1, -0.05) is 35.9 Å². The molecule has 1 aliphatic rings. The quantitative estimate of drug-likeness (QED) is 0.385. The van der Waals surface area contributed by atoms with E-state index in [0.717, 1.165) is 44.3 Å². The van der Waals surface area contributed by atoms with Gasteiger partial charge in [-0.3, -0.25) is 4.79 Å². The molecule has 0 spiro atoms. The molecule has 0 radical (unpaired) electrons. The first kappa shape index (κ1) is 20.8. The minimum atomic E-state index is 0.0348. The number of rotatable bonds is 3. The molecule has 5 aromatic rings. The molecule has 1 saturated heterocycles. The molecule has 1 fully saturated rings. The number of hydrogen-bond donors (Lipinski definition) is 0. The number of anilines is 1. The number of aryl methyl sites for hydroxylation is 1. The monoisotopic (exact) mass is 468 g/mol. The zero-order chi connectivity index (χ0) is 23.2. The highest BCUT2D eigenvalue weighted by molar-refractivity contribution is 7.13. The Labute approximate surface area is 201 Å². The molecule has 3 aromatic heterocycles. The molecule has 34 heavy (non-hydrogen) atoms. The van der Waals surface area contributed by atoms with E-state index >= 15 is 0 Å². The average molecular weight is 469 g/mol. The summed E-state index contributed by atoms with van der Waals surface area (Å²) in [7, 11) is 0. The van der Waals surface area contributed by atoms with Gasteiger partial charge in [-0.25, -0.2) is 9.38 Å². The van der Waals surface area contributed by atoms with Gasteiger partial charge >= 0.3 is 0 Å². The molecule has 1 aliphatic heterocycles. The first-order valence-electron chi connectivity index (χ1n) is 11.4. The summed E-state index contributed by atoms with van der Waals surface area (Å²) in [4.78, 5) is 23.5. The van der Waals surface area contributed by atoms with Crippen LogP contribution in [0.5, 0.6) is 0 Å². The molecule has 0 aliphatic carbocycles. The van der Waals surface area contributed by atoms with Gasteiger partial charge in [-0.05, 0) is 49.6 Å². The van der Waals surface area contributed by atoms with Crippen LogP contribution in [0.1, 0.15) is 22.8 Å². The fourth-order valence-corrected chi connectivity index (χ4v) is 5.34. The Balaban J connectivity index is 1.39. The number of para-hydroxylation sites is 1. The van der Waals surface area contributed by atoms with Gasteiger partial charge in [-0.15, -0.1) is 21.5 Å². The molecule has 2 aromatic carbocycles. The second-order valence-electron chi connectivity index (χ2n) is 8.75. The lowest BCUT2D eigenvalue weighted by molar-refractivity contribution is 0.0673. The van der Waals surface area contributed by atoms with Crippen LogP contribution in [-0.2, 0) is 0 Å². The number of hydrogen-bond acceptors (Lipinski definition) is 6. The number of benzene rings is 2. The standard InChI is InChI=1S/C26H24N6OS/c1-17-9-11-19(12-10-17)25(33)31-14-13-30(16-18(31)2)26-27-21-7-4-3-6-20(21)23-28-29-24(32(23)26)22-8-5-15-34-22/h3-12,15,18H,13-14,16H2,1-2H3. The molecule has 1 amide bonds. The van der Waals surface area contributed by atoms with Gasteiger partial charge in [0.15, 0.2) is 11.5 Å². The minimum absolute atomic E-state index is 0.0348. The SMILES string of the molecule is Cc1ccc(C(=O)N2CCN(c3nc4ccccc4c4nnc(-c5cccs5)n34)CC2C)cc1. The Hall–Kier alpha value is -3.78. The average Bonchev–Trinajstić information content (AvgIpc) is 3.54. The Morgan fingerprint density at radius 2 is 1.82 bits per heavy atom. The summed E-state index contributed by atoms with van der Waals surface area (Å²) in [6, 6.07) is 20.0. The molecule has 1 unspecified atom stereocenters. The largest absolute Gasteiger partial charge is 0.338 e. The predicted octanol–water partition coefficient (Wildman–Crippen LogP) is 4.67. The number of fused-ring (bicyclic) bond motifs is 3. The number of thiophene rings is 1. The fraction of sp³-hybridized carbons (Fsp3) is 0.231. The topological polar surface area (TPSA) is 66.6 Å². The van der Waals surface area contributed by atoms with Crippen LogP contribution in [0.15, 0.2) is 66.0 Å². The number of nitrogens with zero attached hydrogens (tertiary/aromatic N) is 6. The summed E-state index contributed by atoms with van der Waals surface area (Å²) < 4.78 is 2.07. The predicted molar refractivity (Wildman–Crippen MR) is 135 cm³/mol. The van der Waals surface area contributed by atoms with Crippen LogP contribution in [0, 0.1) is 6.92 Å². The Kier molecular flexibility index (Phi) is 5.03. The maximum absolute atomic E-state index is 13.2. The highest BCUT2D eigenvalue weighted by Crippen LogP contribution is 2.31.